The van der Waals surface area contributed by atoms with Gasteiger partial charge in [0.2, 0.25) is 0 Å². The fourth-order valence-electron chi connectivity index (χ4n) is 2.03. The van der Waals surface area contributed by atoms with Gasteiger partial charge in [-0.3, -0.25) is 4.98 Å². The minimum Gasteiger partial charge on any atom is -0.338 e. The highest BCUT2D eigenvalue weighted by atomic mass is 35.5. The number of H-pyrrole nitrogens is 1. The molecule has 2 heterocycles. The van der Waals surface area contributed by atoms with Crippen LogP contribution in [0.1, 0.15) is 5.69 Å². The highest BCUT2D eigenvalue weighted by Crippen LogP contribution is 2.29. The topological polar surface area (TPSA) is 41.6 Å². The zero-order valence-electron chi connectivity index (χ0n) is 10.7. The molecule has 0 aliphatic rings. The average molecular weight is 304 g/mol. The zero-order valence-corrected chi connectivity index (χ0v) is 12.2. The molecule has 0 saturated heterocycles. The van der Waals surface area contributed by atoms with Crippen molar-refractivity contribution >= 4 is 23.2 Å². The van der Waals surface area contributed by atoms with Gasteiger partial charge in [-0.25, -0.2) is 4.98 Å². The molecule has 0 fully saturated rings. The number of hydrogen-bond donors (Lipinski definition) is 1. The smallest absolute Gasteiger partial charge is 0.138 e. The first kappa shape index (κ1) is 13.2. The van der Waals surface area contributed by atoms with Crippen molar-refractivity contribution < 1.29 is 0 Å². The van der Waals surface area contributed by atoms with Gasteiger partial charge in [0.25, 0.3) is 0 Å². The number of aryl methyl sites for hydroxylation is 1. The molecule has 0 amide bonds. The highest BCUT2D eigenvalue weighted by Gasteiger charge is 2.11. The molecule has 100 valence electrons. The van der Waals surface area contributed by atoms with Crippen LogP contribution >= 0.6 is 23.2 Å². The second-order valence-electron chi connectivity index (χ2n) is 4.42. The van der Waals surface area contributed by atoms with Crippen molar-refractivity contribution in [2.75, 3.05) is 0 Å². The van der Waals surface area contributed by atoms with E-state index in [-0.39, 0.29) is 0 Å². The van der Waals surface area contributed by atoms with Crippen LogP contribution in [-0.4, -0.2) is 15.0 Å². The molecule has 0 unspecified atom stereocenters. The van der Waals surface area contributed by atoms with E-state index in [4.69, 9.17) is 23.2 Å². The SMILES string of the molecule is Cc1nc(-c2ccc(Cl)c(Cl)c2)[nH]c1-c1cccnc1. The Morgan fingerprint density at radius 3 is 2.60 bits per heavy atom. The zero-order chi connectivity index (χ0) is 14.1. The van der Waals surface area contributed by atoms with E-state index in [1.54, 1.807) is 24.5 Å². The summed E-state index contributed by atoms with van der Waals surface area (Å²) in [5, 5.41) is 1.05. The van der Waals surface area contributed by atoms with Crippen molar-refractivity contribution in [2.24, 2.45) is 0 Å². The normalized spacial score (nSPS) is 10.8. The molecule has 20 heavy (non-hydrogen) atoms. The fourth-order valence-corrected chi connectivity index (χ4v) is 2.33. The Bertz CT molecular complexity index is 751. The summed E-state index contributed by atoms with van der Waals surface area (Å²) < 4.78 is 0. The van der Waals surface area contributed by atoms with Crippen LogP contribution in [0.3, 0.4) is 0 Å². The minimum atomic E-state index is 0.515. The van der Waals surface area contributed by atoms with Crippen molar-refractivity contribution in [3.05, 3.63) is 58.5 Å². The molecule has 1 N–H and O–H groups in total. The lowest BCUT2D eigenvalue weighted by atomic mass is 10.2. The number of aromatic nitrogens is 3. The van der Waals surface area contributed by atoms with Crippen LogP contribution in [0.15, 0.2) is 42.7 Å². The van der Waals surface area contributed by atoms with E-state index < -0.39 is 0 Å². The third-order valence-electron chi connectivity index (χ3n) is 3.03. The summed E-state index contributed by atoms with van der Waals surface area (Å²) in [5.41, 5.74) is 3.78. The van der Waals surface area contributed by atoms with Gasteiger partial charge >= 0.3 is 0 Å². The van der Waals surface area contributed by atoms with Gasteiger partial charge in [-0.05, 0) is 37.3 Å². The molecule has 3 rings (SSSR count). The van der Waals surface area contributed by atoms with Crippen LogP contribution in [0.4, 0.5) is 0 Å². The lowest BCUT2D eigenvalue weighted by Gasteiger charge is -2.00. The number of hydrogen-bond acceptors (Lipinski definition) is 2. The van der Waals surface area contributed by atoms with Crippen molar-refractivity contribution in [2.45, 2.75) is 6.92 Å². The Hall–Kier alpha value is -1.84. The number of nitrogens with zero attached hydrogens (tertiary/aromatic N) is 2. The molecule has 3 nitrogen and oxygen atoms in total. The van der Waals surface area contributed by atoms with E-state index in [1.807, 2.05) is 25.1 Å². The van der Waals surface area contributed by atoms with E-state index >= 15 is 0 Å². The third kappa shape index (κ3) is 2.42. The van der Waals surface area contributed by atoms with Crippen molar-refractivity contribution in [3.8, 4) is 22.6 Å². The first-order valence-corrected chi connectivity index (χ1v) is 6.83. The first-order valence-electron chi connectivity index (χ1n) is 6.07. The van der Waals surface area contributed by atoms with Gasteiger partial charge in [0, 0.05) is 23.5 Å². The summed E-state index contributed by atoms with van der Waals surface area (Å²) in [6, 6.07) is 9.34. The Kier molecular flexibility index (Phi) is 3.47. The monoisotopic (exact) mass is 303 g/mol. The van der Waals surface area contributed by atoms with Gasteiger partial charge in [0.1, 0.15) is 5.82 Å². The molecule has 1 aromatic carbocycles. The van der Waals surface area contributed by atoms with Crippen LogP contribution in [-0.2, 0) is 0 Å². The summed E-state index contributed by atoms with van der Waals surface area (Å²) in [4.78, 5) is 12.0. The second-order valence-corrected chi connectivity index (χ2v) is 5.23. The molecule has 2 aromatic heterocycles. The first-order chi connectivity index (χ1) is 9.65. The van der Waals surface area contributed by atoms with Gasteiger partial charge in [-0.1, -0.05) is 23.2 Å². The number of halogens is 2. The average Bonchev–Trinajstić information content (AvgIpc) is 2.85. The molecule has 0 saturated carbocycles. The summed E-state index contributed by atoms with van der Waals surface area (Å²) in [5.74, 6) is 0.764. The fraction of sp³-hybridized carbons (Fsp3) is 0.0667. The predicted molar refractivity (Wildman–Crippen MR) is 82.0 cm³/mol. The molecule has 3 aromatic rings. The number of benzene rings is 1. The predicted octanol–water partition coefficient (Wildman–Crippen LogP) is 4.75. The lowest BCUT2D eigenvalue weighted by Crippen LogP contribution is -1.82. The van der Waals surface area contributed by atoms with Gasteiger partial charge in [-0.2, -0.15) is 0 Å². The number of imidazole rings is 1. The third-order valence-corrected chi connectivity index (χ3v) is 3.77. The van der Waals surface area contributed by atoms with Crippen LogP contribution in [0.25, 0.3) is 22.6 Å². The van der Waals surface area contributed by atoms with E-state index in [9.17, 15) is 0 Å². The molecule has 0 bridgehead atoms. The molecule has 5 heteroatoms. The van der Waals surface area contributed by atoms with Crippen molar-refractivity contribution in [3.63, 3.8) is 0 Å². The van der Waals surface area contributed by atoms with Gasteiger partial charge < -0.3 is 4.98 Å². The summed E-state index contributed by atoms with van der Waals surface area (Å²) in [6.07, 6.45) is 3.55. The second kappa shape index (κ2) is 5.27. The number of rotatable bonds is 2. The highest BCUT2D eigenvalue weighted by molar-refractivity contribution is 6.42. The van der Waals surface area contributed by atoms with Crippen molar-refractivity contribution in [1.82, 2.24) is 15.0 Å². The Morgan fingerprint density at radius 2 is 1.90 bits per heavy atom. The van der Waals surface area contributed by atoms with E-state index in [2.05, 4.69) is 15.0 Å². The quantitative estimate of drug-likeness (QED) is 0.742. The van der Waals surface area contributed by atoms with Gasteiger partial charge in [-0.15, -0.1) is 0 Å². The van der Waals surface area contributed by atoms with E-state index in [0.29, 0.717) is 10.0 Å². The molecule has 0 aliphatic heterocycles. The lowest BCUT2D eigenvalue weighted by molar-refractivity contribution is 1.25. The molecule has 0 spiro atoms. The largest absolute Gasteiger partial charge is 0.338 e. The molecular formula is C15H11Cl2N3. The standard InChI is InChI=1S/C15H11Cl2N3/c1-9-14(11-3-2-6-18-8-11)20-15(19-9)10-4-5-12(16)13(17)7-10/h2-8H,1H3,(H,19,20). The van der Waals surface area contributed by atoms with Crippen LogP contribution < -0.4 is 0 Å². The van der Waals surface area contributed by atoms with E-state index in [0.717, 1.165) is 28.3 Å². The summed E-state index contributed by atoms with van der Waals surface area (Å²) >= 11 is 12.0. The number of nitrogens with one attached hydrogen (secondary N) is 1. The van der Waals surface area contributed by atoms with Crippen LogP contribution in [0, 0.1) is 6.92 Å². The van der Waals surface area contributed by atoms with Crippen LogP contribution in [0.2, 0.25) is 10.0 Å². The number of aromatic amines is 1. The molecular weight excluding hydrogens is 293 g/mol. The molecule has 0 atom stereocenters. The maximum atomic E-state index is 6.04. The summed E-state index contributed by atoms with van der Waals surface area (Å²) in [7, 11) is 0. The van der Waals surface area contributed by atoms with E-state index in [1.165, 1.54) is 0 Å². The minimum absolute atomic E-state index is 0.515. The summed E-state index contributed by atoms with van der Waals surface area (Å²) in [6.45, 7) is 1.96. The van der Waals surface area contributed by atoms with Gasteiger partial charge in [0.15, 0.2) is 0 Å². The molecule has 0 aliphatic carbocycles. The Labute approximate surface area is 126 Å². The molecule has 0 radical (unpaired) electrons. The maximum absolute atomic E-state index is 6.04. The van der Waals surface area contributed by atoms with Crippen LogP contribution in [0.5, 0.6) is 0 Å². The van der Waals surface area contributed by atoms with Crippen molar-refractivity contribution in [1.29, 1.82) is 0 Å². The maximum Gasteiger partial charge on any atom is 0.138 e. The number of pyridine rings is 1. The Balaban J connectivity index is 2.06. The van der Waals surface area contributed by atoms with Gasteiger partial charge in [0.05, 0.1) is 21.4 Å². The Morgan fingerprint density at radius 1 is 1.05 bits per heavy atom.